The summed E-state index contributed by atoms with van der Waals surface area (Å²) < 4.78 is 0. The lowest BCUT2D eigenvalue weighted by Crippen LogP contribution is -2.64. The van der Waals surface area contributed by atoms with E-state index in [-0.39, 0.29) is 25.0 Å². The molecule has 0 aromatic rings. The zero-order chi connectivity index (χ0) is 37.6. The number of aliphatic hydroxyl groups excluding tert-OH is 3. The van der Waals surface area contributed by atoms with Crippen molar-refractivity contribution in [3.05, 3.63) is 11.3 Å². The van der Waals surface area contributed by atoms with Gasteiger partial charge in [0.15, 0.2) is 6.04 Å². The summed E-state index contributed by atoms with van der Waals surface area (Å²) in [7, 11) is 0. The molecule has 1 rings (SSSR count). The first kappa shape index (κ1) is 42.5. The van der Waals surface area contributed by atoms with Gasteiger partial charge in [0.1, 0.15) is 35.4 Å². The molecule has 0 radical (unpaired) electrons. The molecule has 49 heavy (non-hydrogen) atoms. The van der Waals surface area contributed by atoms with Crippen molar-refractivity contribution in [2.75, 3.05) is 19.8 Å². The van der Waals surface area contributed by atoms with E-state index in [1.807, 2.05) is 0 Å². The van der Waals surface area contributed by atoms with Crippen LogP contribution in [0.25, 0.3) is 0 Å². The van der Waals surface area contributed by atoms with Gasteiger partial charge in [0.05, 0.1) is 19.8 Å². The fraction of sp³-hybridized carbons (Fsp3) is 0.655. The number of hydrazone groups is 1. The average Bonchev–Trinajstić information content (AvgIpc) is 3.08. The Bertz CT molecular complexity index is 1300. The van der Waals surface area contributed by atoms with Gasteiger partial charge in [0.2, 0.25) is 23.6 Å². The van der Waals surface area contributed by atoms with Crippen LogP contribution in [0.4, 0.5) is 0 Å². The normalized spacial score (nSPS) is 18.1. The molecule has 13 N–H and O–H groups in total. The number of hydrogen-bond acceptors (Lipinski definition) is 13. The van der Waals surface area contributed by atoms with E-state index in [1.54, 1.807) is 13.8 Å². The highest BCUT2D eigenvalue weighted by Gasteiger charge is 2.40. The molecule has 1 aliphatic rings. The predicted octanol–water partition coefficient (Wildman–Crippen LogP) is -4.76. The Morgan fingerprint density at radius 2 is 1.57 bits per heavy atom. The highest BCUT2D eigenvalue weighted by atomic mass is 16.4. The number of carboxylic acid groups (broad SMARTS) is 1. The lowest BCUT2D eigenvalue weighted by molar-refractivity contribution is -0.145. The monoisotopic (exact) mass is 699 g/mol. The molecule has 0 saturated carbocycles. The summed E-state index contributed by atoms with van der Waals surface area (Å²) in [4.78, 5) is 89.8. The SMILES string of the molecule is CC/C(C)=C(/NC(=O)[C@H](CC)NC(=O)[C@@H]1CCC=NN1C(=O)[C@@H](NC(=O)[C@H](C)NC(=O)C(N)(CO)CO)[C@H](C)N)C(=O)N[C@@H](CO)C(=O)O. The molecule has 1 heterocycles. The van der Waals surface area contributed by atoms with E-state index in [0.717, 1.165) is 5.01 Å². The number of aliphatic hydroxyl groups is 3. The molecular weight excluding hydrogens is 650 g/mol. The molecule has 0 bridgehead atoms. The molecule has 20 heteroatoms. The van der Waals surface area contributed by atoms with Crippen molar-refractivity contribution < 1.29 is 54.0 Å². The molecule has 0 aliphatic carbocycles. The van der Waals surface area contributed by atoms with E-state index in [9.17, 15) is 54.0 Å². The van der Waals surface area contributed by atoms with E-state index in [0.29, 0.717) is 12.0 Å². The number of allylic oxidation sites excluding steroid dienone is 1. The van der Waals surface area contributed by atoms with E-state index in [4.69, 9.17) is 11.5 Å². The molecule has 6 atom stereocenters. The summed E-state index contributed by atoms with van der Waals surface area (Å²) in [6.07, 6.45) is 2.06. The van der Waals surface area contributed by atoms with Gasteiger partial charge in [-0.2, -0.15) is 5.10 Å². The Labute approximate surface area is 283 Å². The van der Waals surface area contributed by atoms with Crippen molar-refractivity contribution in [1.29, 1.82) is 0 Å². The lowest BCUT2D eigenvalue weighted by atomic mass is 10.0. The molecular formula is C29H49N9O11. The van der Waals surface area contributed by atoms with Crippen molar-refractivity contribution in [3.63, 3.8) is 0 Å². The van der Waals surface area contributed by atoms with Crippen LogP contribution in [0.5, 0.6) is 0 Å². The second kappa shape index (κ2) is 19.5. The van der Waals surface area contributed by atoms with Crippen LogP contribution in [0.3, 0.4) is 0 Å². The molecule has 1 aliphatic heterocycles. The number of aliphatic carboxylic acids is 1. The van der Waals surface area contributed by atoms with Gasteiger partial charge in [-0.05, 0) is 52.0 Å². The number of nitrogens with one attached hydrogen (secondary N) is 5. The van der Waals surface area contributed by atoms with Gasteiger partial charge in [-0.15, -0.1) is 0 Å². The second-order valence-electron chi connectivity index (χ2n) is 11.6. The van der Waals surface area contributed by atoms with E-state index in [1.165, 1.54) is 27.0 Å². The number of hydrogen-bond donors (Lipinski definition) is 11. The van der Waals surface area contributed by atoms with Gasteiger partial charge in [0.25, 0.3) is 11.8 Å². The third-order valence-corrected chi connectivity index (χ3v) is 7.71. The van der Waals surface area contributed by atoms with Gasteiger partial charge in [-0.25, -0.2) is 9.80 Å². The zero-order valence-electron chi connectivity index (χ0n) is 28.2. The van der Waals surface area contributed by atoms with Crippen LogP contribution in [0.15, 0.2) is 16.4 Å². The maximum Gasteiger partial charge on any atom is 0.328 e. The third-order valence-electron chi connectivity index (χ3n) is 7.71. The Kier molecular flexibility index (Phi) is 16.9. The molecule has 0 unspecified atom stereocenters. The Balaban J connectivity index is 3.15. The number of carbonyl (C=O) groups excluding carboxylic acids is 6. The second-order valence-corrected chi connectivity index (χ2v) is 11.6. The third kappa shape index (κ3) is 11.6. The fourth-order valence-electron chi connectivity index (χ4n) is 4.25. The minimum Gasteiger partial charge on any atom is -0.480 e. The van der Waals surface area contributed by atoms with Gasteiger partial charge in [-0.1, -0.05) is 13.8 Å². The Hall–Kier alpha value is -4.50. The molecule has 276 valence electrons. The number of carboxylic acids is 1. The average molecular weight is 700 g/mol. The molecule has 0 saturated heterocycles. The van der Waals surface area contributed by atoms with Crippen molar-refractivity contribution in [1.82, 2.24) is 31.6 Å². The van der Waals surface area contributed by atoms with Gasteiger partial charge in [0, 0.05) is 12.3 Å². The number of amides is 6. The largest absolute Gasteiger partial charge is 0.480 e. The van der Waals surface area contributed by atoms with E-state index >= 15 is 0 Å². The van der Waals surface area contributed by atoms with Gasteiger partial charge in [-0.3, -0.25) is 28.8 Å². The molecule has 0 spiro atoms. The molecule has 0 aromatic carbocycles. The zero-order valence-corrected chi connectivity index (χ0v) is 28.2. The van der Waals surface area contributed by atoms with Gasteiger partial charge >= 0.3 is 5.97 Å². The minimum absolute atomic E-state index is 0.0365. The fourth-order valence-corrected chi connectivity index (χ4v) is 4.25. The molecule has 20 nitrogen and oxygen atoms in total. The predicted molar refractivity (Wildman–Crippen MR) is 173 cm³/mol. The van der Waals surface area contributed by atoms with Crippen LogP contribution < -0.4 is 38.1 Å². The first-order valence-corrected chi connectivity index (χ1v) is 15.6. The maximum absolute atomic E-state index is 13.6. The van der Waals surface area contributed by atoms with Crippen molar-refractivity contribution in [2.24, 2.45) is 16.6 Å². The smallest absolute Gasteiger partial charge is 0.328 e. The van der Waals surface area contributed by atoms with Gasteiger partial charge < -0.3 is 58.5 Å². The lowest BCUT2D eigenvalue weighted by Gasteiger charge is -2.34. The standard InChI is InChI=1S/C29H49N9O11/c1-6-14(3)20(25(45)35-18(11-39)27(47)48)36-23(43)17(7-2)34-24(44)19-9-8-10-32-38(19)26(46)21(15(4)30)37-22(42)16(5)33-28(49)29(31,12-40)13-41/h10,15-19,21,39-41H,6-9,11-13,30-31H2,1-5H3,(H,33,49)(H,34,44)(H,35,45)(H,36,43)(H,37,42)(H,47,48)/b20-14+/t15-,16-,17-,18-,19-,21-/m0/s1. The quantitative estimate of drug-likeness (QED) is 0.0600. The van der Waals surface area contributed by atoms with Crippen molar-refractivity contribution in [3.8, 4) is 0 Å². The summed E-state index contributed by atoms with van der Waals surface area (Å²) >= 11 is 0. The Morgan fingerprint density at radius 1 is 0.959 bits per heavy atom. The summed E-state index contributed by atoms with van der Waals surface area (Å²) in [5, 5.41) is 53.7. The van der Waals surface area contributed by atoms with Crippen LogP contribution >= 0.6 is 0 Å². The summed E-state index contributed by atoms with van der Waals surface area (Å²) in [5.74, 6) is -6.85. The number of rotatable bonds is 18. The highest BCUT2D eigenvalue weighted by molar-refractivity contribution is 6.02. The van der Waals surface area contributed by atoms with Crippen LogP contribution in [-0.2, 0) is 33.6 Å². The van der Waals surface area contributed by atoms with Crippen LogP contribution in [0, 0.1) is 0 Å². The van der Waals surface area contributed by atoms with Crippen LogP contribution in [-0.4, -0.2) is 135 Å². The van der Waals surface area contributed by atoms with Crippen molar-refractivity contribution in [2.45, 2.75) is 102 Å². The topological polar surface area (TPSA) is 328 Å². The van der Waals surface area contributed by atoms with E-state index in [2.05, 4.69) is 31.7 Å². The number of nitrogens with zero attached hydrogens (tertiary/aromatic N) is 2. The first-order chi connectivity index (χ1) is 22.9. The first-order valence-electron chi connectivity index (χ1n) is 15.6. The van der Waals surface area contributed by atoms with E-state index < -0.39 is 103 Å². The molecule has 6 amide bonds. The number of carbonyl (C=O) groups is 7. The molecule has 0 fully saturated rings. The highest BCUT2D eigenvalue weighted by Crippen LogP contribution is 2.16. The van der Waals surface area contributed by atoms with Crippen LogP contribution in [0.1, 0.15) is 60.3 Å². The summed E-state index contributed by atoms with van der Waals surface area (Å²) in [6.45, 7) is 4.76. The van der Waals surface area contributed by atoms with Crippen molar-refractivity contribution >= 4 is 47.6 Å². The Morgan fingerprint density at radius 3 is 2.06 bits per heavy atom. The van der Waals surface area contributed by atoms with Crippen LogP contribution in [0.2, 0.25) is 0 Å². The summed E-state index contributed by atoms with van der Waals surface area (Å²) in [5.41, 5.74) is 9.69. The summed E-state index contributed by atoms with van der Waals surface area (Å²) in [6, 6.07) is -7.88. The number of nitrogens with two attached hydrogens (primary N) is 2. The maximum atomic E-state index is 13.6. The minimum atomic E-state index is -2.07. The molecule has 0 aromatic heterocycles.